The minimum Gasteiger partial charge on any atom is -0.384 e. The van der Waals surface area contributed by atoms with E-state index in [-0.39, 0.29) is 11.0 Å². The van der Waals surface area contributed by atoms with Gasteiger partial charge in [0.05, 0.1) is 17.3 Å². The molecule has 1 rings (SSSR count). The Kier molecular flexibility index (Phi) is 4.33. The summed E-state index contributed by atoms with van der Waals surface area (Å²) in [6, 6.07) is 0. The average Bonchev–Trinajstić information content (AvgIpc) is 2.57. The SMILES string of the molecule is COCCc1nc(C(C)(C)C)c(C(C)(C)N)s1. The van der Waals surface area contributed by atoms with Crippen molar-refractivity contribution in [2.24, 2.45) is 5.73 Å². The maximum atomic E-state index is 6.24. The summed E-state index contributed by atoms with van der Waals surface area (Å²) in [6.07, 6.45) is 0.861. The highest BCUT2D eigenvalue weighted by atomic mass is 32.1. The van der Waals surface area contributed by atoms with Gasteiger partial charge in [-0.05, 0) is 13.8 Å². The lowest BCUT2D eigenvalue weighted by atomic mass is 9.87. The summed E-state index contributed by atoms with van der Waals surface area (Å²) in [5.41, 5.74) is 7.07. The fourth-order valence-electron chi connectivity index (χ4n) is 1.61. The first-order chi connectivity index (χ1) is 7.66. The van der Waals surface area contributed by atoms with Crippen LogP contribution in [-0.2, 0) is 22.1 Å². The lowest BCUT2D eigenvalue weighted by molar-refractivity contribution is 0.202. The molecule has 0 aromatic carbocycles. The number of nitrogens with two attached hydrogens (primary N) is 1. The standard InChI is InChI=1S/C13H24N2OS/c1-12(2,3)10-11(13(4,5)14)17-9(15-10)7-8-16-6/h7-8,14H2,1-6H3. The van der Waals surface area contributed by atoms with Gasteiger partial charge < -0.3 is 10.5 Å². The summed E-state index contributed by atoms with van der Waals surface area (Å²) in [4.78, 5) is 5.93. The molecule has 17 heavy (non-hydrogen) atoms. The van der Waals surface area contributed by atoms with Crippen LogP contribution in [0.1, 0.15) is 50.2 Å². The number of methoxy groups -OCH3 is 1. The van der Waals surface area contributed by atoms with Crippen LogP contribution in [0.4, 0.5) is 0 Å². The molecule has 1 aromatic heterocycles. The molecule has 0 fully saturated rings. The van der Waals surface area contributed by atoms with Crippen molar-refractivity contribution in [3.63, 3.8) is 0 Å². The number of hydrogen-bond acceptors (Lipinski definition) is 4. The largest absolute Gasteiger partial charge is 0.384 e. The Hall–Kier alpha value is -0.450. The second-order valence-electron chi connectivity index (χ2n) is 6.00. The molecule has 0 aliphatic carbocycles. The molecule has 0 aliphatic heterocycles. The Balaban J connectivity index is 3.13. The van der Waals surface area contributed by atoms with Crippen molar-refractivity contribution in [2.75, 3.05) is 13.7 Å². The molecular formula is C13H24N2OS. The highest BCUT2D eigenvalue weighted by molar-refractivity contribution is 7.11. The van der Waals surface area contributed by atoms with E-state index >= 15 is 0 Å². The zero-order valence-electron chi connectivity index (χ0n) is 11.8. The van der Waals surface area contributed by atoms with E-state index in [9.17, 15) is 0 Å². The predicted molar refractivity (Wildman–Crippen MR) is 73.6 cm³/mol. The second-order valence-corrected chi connectivity index (χ2v) is 7.08. The molecule has 3 nitrogen and oxygen atoms in total. The minimum atomic E-state index is -0.328. The van der Waals surface area contributed by atoms with Gasteiger partial charge in [-0.2, -0.15) is 0 Å². The summed E-state index contributed by atoms with van der Waals surface area (Å²) in [5, 5.41) is 1.12. The van der Waals surface area contributed by atoms with Crippen LogP contribution in [0, 0.1) is 0 Å². The van der Waals surface area contributed by atoms with Crippen molar-refractivity contribution in [2.45, 2.75) is 52.0 Å². The molecule has 0 saturated heterocycles. The molecule has 0 radical (unpaired) electrons. The van der Waals surface area contributed by atoms with Gasteiger partial charge in [-0.1, -0.05) is 20.8 Å². The monoisotopic (exact) mass is 256 g/mol. The van der Waals surface area contributed by atoms with Gasteiger partial charge in [0, 0.05) is 29.4 Å². The van der Waals surface area contributed by atoms with E-state index in [1.54, 1.807) is 18.4 Å². The lowest BCUT2D eigenvalue weighted by Gasteiger charge is -2.24. The third-order valence-electron chi connectivity index (χ3n) is 2.49. The van der Waals surface area contributed by atoms with E-state index < -0.39 is 0 Å². The topological polar surface area (TPSA) is 48.1 Å². The molecule has 0 bridgehead atoms. The quantitative estimate of drug-likeness (QED) is 0.901. The number of rotatable bonds is 4. The molecule has 2 N–H and O–H groups in total. The number of hydrogen-bond donors (Lipinski definition) is 1. The fourth-order valence-corrected chi connectivity index (χ4v) is 2.88. The third-order valence-corrected chi connectivity index (χ3v) is 3.94. The van der Waals surface area contributed by atoms with Crippen LogP contribution in [0.15, 0.2) is 0 Å². The lowest BCUT2D eigenvalue weighted by Crippen LogP contribution is -2.31. The summed E-state index contributed by atoms with van der Waals surface area (Å²) in [7, 11) is 1.71. The van der Waals surface area contributed by atoms with E-state index in [2.05, 4.69) is 20.8 Å². The van der Waals surface area contributed by atoms with Gasteiger partial charge in [-0.3, -0.25) is 0 Å². The zero-order valence-corrected chi connectivity index (χ0v) is 12.6. The maximum Gasteiger partial charge on any atom is 0.0955 e. The highest BCUT2D eigenvalue weighted by Gasteiger charge is 2.29. The van der Waals surface area contributed by atoms with E-state index in [1.807, 2.05) is 13.8 Å². The van der Waals surface area contributed by atoms with Crippen molar-refractivity contribution in [1.29, 1.82) is 0 Å². The van der Waals surface area contributed by atoms with E-state index in [4.69, 9.17) is 15.5 Å². The highest BCUT2D eigenvalue weighted by Crippen LogP contribution is 2.35. The normalized spacial score (nSPS) is 13.1. The molecule has 0 aliphatic rings. The van der Waals surface area contributed by atoms with E-state index in [1.165, 1.54) is 4.88 Å². The Morgan fingerprint density at radius 2 is 1.82 bits per heavy atom. The van der Waals surface area contributed by atoms with Crippen molar-refractivity contribution < 1.29 is 4.74 Å². The Morgan fingerprint density at radius 3 is 2.18 bits per heavy atom. The van der Waals surface area contributed by atoms with Gasteiger partial charge in [-0.15, -0.1) is 11.3 Å². The van der Waals surface area contributed by atoms with Crippen LogP contribution in [0.5, 0.6) is 0 Å². The Bertz CT molecular complexity index is 340. The molecule has 0 amide bonds. The van der Waals surface area contributed by atoms with Crippen LogP contribution in [0.2, 0.25) is 0 Å². The van der Waals surface area contributed by atoms with Gasteiger partial charge in [0.2, 0.25) is 0 Å². The van der Waals surface area contributed by atoms with E-state index in [0.717, 1.165) is 17.1 Å². The van der Waals surface area contributed by atoms with Gasteiger partial charge in [0.1, 0.15) is 0 Å². The Morgan fingerprint density at radius 1 is 1.24 bits per heavy atom. The molecule has 0 saturated carbocycles. The third kappa shape index (κ3) is 3.76. The van der Waals surface area contributed by atoms with Crippen LogP contribution >= 0.6 is 11.3 Å². The number of aromatic nitrogens is 1. The Labute approximate surface area is 108 Å². The summed E-state index contributed by atoms with van der Waals surface area (Å²) in [6.45, 7) is 11.3. The summed E-state index contributed by atoms with van der Waals surface area (Å²) >= 11 is 1.72. The molecule has 0 spiro atoms. The van der Waals surface area contributed by atoms with Crippen molar-refractivity contribution in [3.8, 4) is 0 Å². The summed E-state index contributed by atoms with van der Waals surface area (Å²) in [5.74, 6) is 0. The molecule has 1 aromatic rings. The predicted octanol–water partition coefficient (Wildman–Crippen LogP) is 2.82. The molecule has 98 valence electrons. The van der Waals surface area contributed by atoms with Gasteiger partial charge >= 0.3 is 0 Å². The number of nitrogens with zero attached hydrogens (tertiary/aromatic N) is 1. The smallest absolute Gasteiger partial charge is 0.0955 e. The van der Waals surface area contributed by atoms with Crippen LogP contribution in [0.25, 0.3) is 0 Å². The maximum absolute atomic E-state index is 6.24. The fraction of sp³-hybridized carbons (Fsp3) is 0.769. The van der Waals surface area contributed by atoms with Crippen molar-refractivity contribution in [1.82, 2.24) is 4.98 Å². The first-order valence-electron chi connectivity index (χ1n) is 5.94. The molecule has 0 unspecified atom stereocenters. The minimum absolute atomic E-state index is 0.0355. The van der Waals surface area contributed by atoms with Crippen molar-refractivity contribution in [3.05, 3.63) is 15.6 Å². The average molecular weight is 256 g/mol. The molecule has 1 heterocycles. The van der Waals surface area contributed by atoms with Crippen LogP contribution in [0.3, 0.4) is 0 Å². The molecule has 0 atom stereocenters. The van der Waals surface area contributed by atoms with Gasteiger partial charge in [-0.25, -0.2) is 4.98 Å². The van der Waals surface area contributed by atoms with Crippen LogP contribution in [-0.4, -0.2) is 18.7 Å². The van der Waals surface area contributed by atoms with E-state index in [0.29, 0.717) is 6.61 Å². The van der Waals surface area contributed by atoms with Crippen molar-refractivity contribution >= 4 is 11.3 Å². The molecule has 4 heteroatoms. The second kappa shape index (κ2) is 5.04. The van der Waals surface area contributed by atoms with Gasteiger partial charge in [0.15, 0.2) is 0 Å². The van der Waals surface area contributed by atoms with Gasteiger partial charge in [0.25, 0.3) is 0 Å². The van der Waals surface area contributed by atoms with Crippen LogP contribution < -0.4 is 5.73 Å². The number of ether oxygens (including phenoxy) is 1. The number of thiazole rings is 1. The zero-order chi connectivity index (χ0) is 13.3. The summed E-state index contributed by atoms with van der Waals surface area (Å²) < 4.78 is 5.10. The molecular weight excluding hydrogens is 232 g/mol. The first-order valence-corrected chi connectivity index (χ1v) is 6.76. The first kappa shape index (κ1) is 14.6.